The van der Waals surface area contributed by atoms with Crippen LogP contribution in [-0.4, -0.2) is 18.6 Å². The summed E-state index contributed by atoms with van der Waals surface area (Å²) in [5.74, 6) is 1.74. The lowest BCUT2D eigenvalue weighted by atomic mass is 9.52. The van der Waals surface area contributed by atoms with Gasteiger partial charge >= 0.3 is 0 Å². The topological polar surface area (TPSA) is 34.1 Å². The number of fused-ring (bicyclic) bond motifs is 3. The number of rotatable bonds is 7. The Balaban J connectivity index is 1.12. The van der Waals surface area contributed by atoms with Crippen LogP contribution in [0.25, 0.3) is 10.4 Å². The molecule has 2 bridgehead atoms. The van der Waals surface area contributed by atoms with Gasteiger partial charge in [-0.1, -0.05) is 24.3 Å². The fourth-order valence-electron chi connectivity index (χ4n) is 6.18. The smallest absolute Gasteiger partial charge is 0.121 e. The highest BCUT2D eigenvalue weighted by Crippen LogP contribution is 2.58. The van der Waals surface area contributed by atoms with Crippen LogP contribution in [-0.2, 0) is 5.41 Å². The lowest BCUT2D eigenvalue weighted by Gasteiger charge is -2.54. The van der Waals surface area contributed by atoms with Crippen LogP contribution in [0.15, 0.2) is 48.7 Å². The quantitative estimate of drug-likeness (QED) is 0.394. The fraction of sp³-hybridized carbons (Fsp3) is 0.483. The lowest BCUT2D eigenvalue weighted by Crippen LogP contribution is -2.47. The van der Waals surface area contributed by atoms with E-state index in [-0.39, 0.29) is 0 Å². The second-order valence-corrected chi connectivity index (χ2v) is 11.8. The maximum absolute atomic E-state index is 5.49. The number of benzene rings is 2. The molecular weight excluding hydrogens is 424 g/mol. The van der Waals surface area contributed by atoms with Gasteiger partial charge in [0.2, 0.25) is 0 Å². The summed E-state index contributed by atoms with van der Waals surface area (Å²) in [7, 11) is 1.77. The van der Waals surface area contributed by atoms with Gasteiger partial charge in [0.1, 0.15) is 5.75 Å². The molecule has 1 aromatic heterocycles. The Labute approximate surface area is 201 Å². The Morgan fingerprint density at radius 3 is 2.52 bits per heavy atom. The second-order valence-electron chi connectivity index (χ2n) is 10.7. The first kappa shape index (κ1) is 21.2. The van der Waals surface area contributed by atoms with Gasteiger partial charge in [0.05, 0.1) is 17.0 Å². The fourth-order valence-corrected chi connectivity index (χ4v) is 7.27. The molecule has 3 nitrogen and oxygen atoms in total. The molecule has 4 aliphatic rings. The van der Waals surface area contributed by atoms with E-state index >= 15 is 0 Å². The Hall–Kier alpha value is -2.33. The minimum absolute atomic E-state index is 0.379. The van der Waals surface area contributed by atoms with Crippen LogP contribution < -0.4 is 10.1 Å². The third-order valence-corrected chi connectivity index (χ3v) is 9.88. The van der Waals surface area contributed by atoms with Gasteiger partial charge in [0.25, 0.3) is 0 Å². The summed E-state index contributed by atoms with van der Waals surface area (Å²) in [6.07, 6.45) is 12.6. The predicted octanol–water partition coefficient (Wildman–Crippen LogP) is 7.71. The summed E-state index contributed by atoms with van der Waals surface area (Å²) in [6, 6.07) is 15.8. The summed E-state index contributed by atoms with van der Waals surface area (Å²) in [5, 5.41) is 5.15. The van der Waals surface area contributed by atoms with Gasteiger partial charge in [-0.05, 0) is 104 Å². The molecule has 0 saturated heterocycles. The minimum atomic E-state index is 0.379. The monoisotopic (exact) mass is 458 g/mol. The van der Waals surface area contributed by atoms with E-state index in [0.29, 0.717) is 10.8 Å². The molecule has 0 spiro atoms. The van der Waals surface area contributed by atoms with Gasteiger partial charge in [0, 0.05) is 24.3 Å². The maximum Gasteiger partial charge on any atom is 0.121 e. The van der Waals surface area contributed by atoms with Crippen molar-refractivity contribution in [3.05, 3.63) is 64.8 Å². The first-order chi connectivity index (χ1) is 16.1. The van der Waals surface area contributed by atoms with Gasteiger partial charge in [-0.15, -0.1) is 11.3 Å². The van der Waals surface area contributed by atoms with Gasteiger partial charge < -0.3 is 10.1 Å². The number of thiazole rings is 1. The Bertz CT molecular complexity index is 1140. The minimum Gasteiger partial charge on any atom is -0.496 e. The number of aryl methyl sites for hydroxylation is 1. The molecule has 4 saturated carbocycles. The Morgan fingerprint density at radius 2 is 1.82 bits per heavy atom. The summed E-state index contributed by atoms with van der Waals surface area (Å²) in [4.78, 5) is 5.97. The van der Waals surface area contributed by atoms with E-state index in [0.717, 1.165) is 18.2 Å². The molecule has 4 fully saturated rings. The van der Waals surface area contributed by atoms with Crippen molar-refractivity contribution in [2.75, 3.05) is 19.0 Å². The number of hydrogen-bond acceptors (Lipinski definition) is 4. The van der Waals surface area contributed by atoms with Crippen molar-refractivity contribution >= 4 is 17.0 Å². The van der Waals surface area contributed by atoms with Crippen molar-refractivity contribution in [2.24, 2.45) is 5.41 Å². The molecule has 7 rings (SSSR count). The lowest BCUT2D eigenvalue weighted by molar-refractivity contribution is 0.0505. The number of nitrogens with zero attached hydrogens (tertiary/aromatic N) is 1. The van der Waals surface area contributed by atoms with Gasteiger partial charge in [-0.3, -0.25) is 0 Å². The highest BCUT2D eigenvalue weighted by atomic mass is 32.1. The number of ether oxygens (including phenoxy) is 1. The van der Waals surface area contributed by atoms with E-state index in [1.54, 1.807) is 7.11 Å². The first-order valence-corrected chi connectivity index (χ1v) is 13.4. The average molecular weight is 459 g/mol. The van der Waals surface area contributed by atoms with Crippen LogP contribution in [0.3, 0.4) is 0 Å². The number of hydrogen-bond donors (Lipinski definition) is 1. The largest absolute Gasteiger partial charge is 0.496 e. The van der Waals surface area contributed by atoms with Crippen LogP contribution >= 0.6 is 11.3 Å². The molecule has 0 atom stereocenters. The Morgan fingerprint density at radius 1 is 1.03 bits per heavy atom. The molecule has 0 amide bonds. The zero-order valence-electron chi connectivity index (χ0n) is 19.8. The van der Waals surface area contributed by atoms with E-state index < -0.39 is 0 Å². The van der Waals surface area contributed by atoms with Crippen LogP contribution in [0, 0.1) is 12.3 Å². The number of nitrogens with one attached hydrogen (secondary N) is 1. The van der Waals surface area contributed by atoms with Crippen molar-refractivity contribution < 1.29 is 4.74 Å². The molecule has 33 heavy (non-hydrogen) atoms. The highest BCUT2D eigenvalue weighted by Gasteiger charge is 2.49. The van der Waals surface area contributed by atoms with Crippen molar-refractivity contribution in [3.63, 3.8) is 0 Å². The summed E-state index contributed by atoms with van der Waals surface area (Å²) in [6.45, 7) is 3.26. The molecule has 1 N–H and O–H groups in total. The maximum atomic E-state index is 5.49. The van der Waals surface area contributed by atoms with Crippen LogP contribution in [0.2, 0.25) is 0 Å². The van der Waals surface area contributed by atoms with Crippen LogP contribution in [0.1, 0.15) is 73.4 Å². The molecule has 4 heteroatoms. The molecule has 3 aromatic rings. The molecule has 172 valence electrons. The normalized spacial score (nSPS) is 26.4. The Kier molecular flexibility index (Phi) is 5.25. The molecule has 0 radical (unpaired) electrons. The zero-order chi connectivity index (χ0) is 22.5. The zero-order valence-corrected chi connectivity index (χ0v) is 20.6. The molecule has 0 aliphatic heterocycles. The van der Waals surface area contributed by atoms with Crippen molar-refractivity contribution in [1.82, 2.24) is 4.98 Å². The average Bonchev–Trinajstić information content (AvgIpc) is 3.60. The molecular formula is C29H34N2OS. The number of methoxy groups -OCH3 is 1. The number of aromatic nitrogens is 1. The van der Waals surface area contributed by atoms with E-state index in [4.69, 9.17) is 4.74 Å². The summed E-state index contributed by atoms with van der Waals surface area (Å²) < 4.78 is 5.49. The predicted molar refractivity (Wildman–Crippen MR) is 138 cm³/mol. The van der Waals surface area contributed by atoms with E-state index in [9.17, 15) is 0 Å². The molecule has 1 heterocycles. The van der Waals surface area contributed by atoms with Crippen LogP contribution in [0.5, 0.6) is 5.75 Å². The summed E-state index contributed by atoms with van der Waals surface area (Å²) in [5.41, 5.74) is 6.16. The van der Waals surface area contributed by atoms with Crippen molar-refractivity contribution in [2.45, 2.75) is 69.6 Å². The van der Waals surface area contributed by atoms with Gasteiger partial charge in [0.15, 0.2) is 0 Å². The second kappa shape index (κ2) is 8.16. The molecule has 2 aromatic carbocycles. The number of anilines is 1. The van der Waals surface area contributed by atoms with E-state index in [1.807, 2.05) is 11.3 Å². The SMILES string of the molecule is COc1ccc(C23CCC(CNc4cccc(-c5cnc(C6CC6)s5)c4)(CC2)CC3)cc1C. The molecule has 0 unspecified atom stereocenters. The van der Waals surface area contributed by atoms with E-state index in [1.165, 1.54) is 83.6 Å². The van der Waals surface area contributed by atoms with Crippen LogP contribution in [0.4, 0.5) is 5.69 Å². The van der Waals surface area contributed by atoms with Gasteiger partial charge in [-0.25, -0.2) is 4.98 Å². The van der Waals surface area contributed by atoms with Crippen molar-refractivity contribution in [1.29, 1.82) is 0 Å². The first-order valence-electron chi connectivity index (χ1n) is 12.5. The highest BCUT2D eigenvalue weighted by molar-refractivity contribution is 7.15. The van der Waals surface area contributed by atoms with E-state index in [2.05, 4.69) is 65.9 Å². The standard InChI is InChI=1S/C29H34N2OS/c1-20-16-23(8-9-25(20)32-2)29-13-10-28(11-14-29,12-15-29)19-31-24-5-3-4-22(17-24)26-18-30-27(33-26)21-6-7-21/h3-5,8-9,16-18,21,31H,6-7,10-15,19H2,1-2H3. The van der Waals surface area contributed by atoms with Crippen molar-refractivity contribution in [3.8, 4) is 16.2 Å². The van der Waals surface area contributed by atoms with Gasteiger partial charge in [-0.2, -0.15) is 0 Å². The third-order valence-electron chi connectivity index (χ3n) is 8.67. The molecule has 4 aliphatic carbocycles. The third kappa shape index (κ3) is 3.97. The summed E-state index contributed by atoms with van der Waals surface area (Å²) >= 11 is 1.88.